The molecule has 4 rings (SSSR count). The largest absolute Gasteiger partial charge is 0.495 e. The number of hydrogen-bond donors (Lipinski definition) is 1. The molecule has 0 bridgehead atoms. The standard InChI is InChI=1S/C25H27ClN6O2/c1-30(2)13-14-31(3)25(33)17-5-8-19(9-6-17)29-23-24-28-16-21(32(24)12-11-27-23)18-7-10-22(34-4)20(26)15-18/h5-12,15-16H,13-14H2,1-4H3,(H,27,29). The lowest BCUT2D eigenvalue weighted by Gasteiger charge is -2.19. The number of aromatic nitrogens is 3. The Morgan fingerprint density at radius 1 is 1.09 bits per heavy atom. The van der Waals surface area contributed by atoms with Crippen LogP contribution < -0.4 is 10.1 Å². The summed E-state index contributed by atoms with van der Waals surface area (Å²) in [5, 5.41) is 3.84. The van der Waals surface area contributed by atoms with Crippen LogP contribution in [-0.2, 0) is 0 Å². The molecule has 0 aliphatic heterocycles. The van der Waals surface area contributed by atoms with Gasteiger partial charge in [-0.15, -0.1) is 0 Å². The highest BCUT2D eigenvalue weighted by molar-refractivity contribution is 6.32. The Morgan fingerprint density at radius 3 is 2.53 bits per heavy atom. The molecule has 34 heavy (non-hydrogen) atoms. The summed E-state index contributed by atoms with van der Waals surface area (Å²) in [5.41, 5.74) is 3.92. The fraction of sp³-hybridized carbons (Fsp3) is 0.240. The molecule has 8 nitrogen and oxygen atoms in total. The number of carbonyl (C=O) groups is 1. The normalized spacial score (nSPS) is 11.1. The average molecular weight is 479 g/mol. The first-order chi connectivity index (χ1) is 16.4. The van der Waals surface area contributed by atoms with E-state index in [0.717, 1.165) is 23.5 Å². The van der Waals surface area contributed by atoms with E-state index in [0.29, 0.717) is 34.3 Å². The van der Waals surface area contributed by atoms with E-state index in [9.17, 15) is 4.79 Å². The lowest BCUT2D eigenvalue weighted by Crippen LogP contribution is -2.33. The van der Waals surface area contributed by atoms with E-state index in [-0.39, 0.29) is 5.91 Å². The molecule has 0 saturated carbocycles. The number of nitrogens with one attached hydrogen (secondary N) is 1. The molecule has 0 atom stereocenters. The van der Waals surface area contributed by atoms with Gasteiger partial charge in [0.1, 0.15) is 5.75 Å². The van der Waals surface area contributed by atoms with Gasteiger partial charge in [-0.3, -0.25) is 9.20 Å². The number of rotatable bonds is 8. The summed E-state index contributed by atoms with van der Waals surface area (Å²) >= 11 is 6.31. The van der Waals surface area contributed by atoms with E-state index < -0.39 is 0 Å². The number of ether oxygens (including phenoxy) is 1. The van der Waals surface area contributed by atoms with E-state index in [1.54, 1.807) is 24.4 Å². The first-order valence-corrected chi connectivity index (χ1v) is 11.2. The second-order valence-corrected chi connectivity index (χ2v) is 8.60. The van der Waals surface area contributed by atoms with Gasteiger partial charge >= 0.3 is 0 Å². The lowest BCUT2D eigenvalue weighted by atomic mass is 10.1. The third-order valence-electron chi connectivity index (χ3n) is 5.50. The second-order valence-electron chi connectivity index (χ2n) is 8.19. The maximum Gasteiger partial charge on any atom is 0.253 e. The van der Waals surface area contributed by atoms with Crippen molar-refractivity contribution < 1.29 is 9.53 Å². The Bertz CT molecular complexity index is 1300. The van der Waals surface area contributed by atoms with Gasteiger partial charge in [0.25, 0.3) is 5.91 Å². The minimum atomic E-state index is -0.00956. The second kappa shape index (κ2) is 10.1. The van der Waals surface area contributed by atoms with Gasteiger partial charge in [0.15, 0.2) is 11.5 Å². The SMILES string of the molecule is COc1ccc(-c2cnc3c(Nc4ccc(C(=O)N(C)CCN(C)C)cc4)nccn23)cc1Cl. The van der Waals surface area contributed by atoms with Gasteiger partial charge in [0.05, 0.1) is 24.0 Å². The van der Waals surface area contributed by atoms with Crippen LogP contribution in [0.1, 0.15) is 10.4 Å². The topological polar surface area (TPSA) is 75.0 Å². The highest BCUT2D eigenvalue weighted by Crippen LogP contribution is 2.31. The zero-order valence-corrected chi connectivity index (χ0v) is 20.4. The van der Waals surface area contributed by atoms with Gasteiger partial charge in [-0.25, -0.2) is 9.97 Å². The molecule has 0 radical (unpaired) electrons. The number of hydrogen-bond acceptors (Lipinski definition) is 6. The zero-order valence-electron chi connectivity index (χ0n) is 19.6. The molecule has 2 aromatic carbocycles. The third kappa shape index (κ3) is 4.98. The quantitative estimate of drug-likeness (QED) is 0.403. The molecule has 0 saturated heterocycles. The van der Waals surface area contributed by atoms with Crippen molar-refractivity contribution in [1.82, 2.24) is 24.2 Å². The molecule has 0 unspecified atom stereocenters. The van der Waals surface area contributed by atoms with Crippen molar-refractivity contribution in [3.8, 4) is 17.0 Å². The Hall–Kier alpha value is -3.62. The van der Waals surface area contributed by atoms with Crippen LogP contribution in [0.3, 0.4) is 0 Å². The van der Waals surface area contributed by atoms with Gasteiger partial charge in [-0.05, 0) is 56.6 Å². The van der Waals surface area contributed by atoms with Crippen LogP contribution >= 0.6 is 11.6 Å². The minimum absolute atomic E-state index is 0.00956. The predicted molar refractivity (Wildman–Crippen MR) is 135 cm³/mol. The number of benzene rings is 2. The van der Waals surface area contributed by atoms with Crippen molar-refractivity contribution in [2.45, 2.75) is 0 Å². The number of methoxy groups -OCH3 is 1. The Morgan fingerprint density at radius 2 is 1.85 bits per heavy atom. The summed E-state index contributed by atoms with van der Waals surface area (Å²) in [5.74, 6) is 1.22. The molecule has 0 spiro atoms. The highest BCUT2D eigenvalue weighted by atomic mass is 35.5. The van der Waals surface area contributed by atoms with Gasteiger partial charge < -0.3 is 19.9 Å². The van der Waals surface area contributed by atoms with Crippen molar-refractivity contribution in [2.75, 3.05) is 46.7 Å². The van der Waals surface area contributed by atoms with Gasteiger partial charge in [0, 0.05) is 49.3 Å². The van der Waals surface area contributed by atoms with E-state index in [1.807, 2.05) is 74.2 Å². The summed E-state index contributed by atoms with van der Waals surface area (Å²) in [7, 11) is 7.38. The molecule has 176 valence electrons. The number of amides is 1. The molecule has 1 N–H and O–H groups in total. The first-order valence-electron chi connectivity index (χ1n) is 10.8. The Kier molecular flexibility index (Phi) is 7.00. The summed E-state index contributed by atoms with van der Waals surface area (Å²) in [4.78, 5) is 25.4. The maximum atomic E-state index is 12.6. The molecule has 9 heteroatoms. The molecule has 0 fully saturated rings. The molecule has 2 aromatic heterocycles. The fourth-order valence-corrected chi connectivity index (χ4v) is 3.81. The Balaban J connectivity index is 1.54. The average Bonchev–Trinajstić information content (AvgIpc) is 3.27. The highest BCUT2D eigenvalue weighted by Gasteiger charge is 2.14. The number of fused-ring (bicyclic) bond motifs is 1. The van der Waals surface area contributed by atoms with Crippen LogP contribution in [0.25, 0.3) is 16.9 Å². The molecule has 2 heterocycles. The minimum Gasteiger partial charge on any atom is -0.495 e. The van der Waals surface area contributed by atoms with Crippen molar-refractivity contribution in [2.24, 2.45) is 0 Å². The van der Waals surface area contributed by atoms with Gasteiger partial charge in [0.2, 0.25) is 0 Å². The van der Waals surface area contributed by atoms with Crippen molar-refractivity contribution in [3.05, 3.63) is 71.6 Å². The van der Waals surface area contributed by atoms with Crippen LogP contribution in [0, 0.1) is 0 Å². The van der Waals surface area contributed by atoms with E-state index >= 15 is 0 Å². The summed E-state index contributed by atoms with van der Waals surface area (Å²) in [6.07, 6.45) is 5.35. The molecule has 0 aliphatic rings. The fourth-order valence-electron chi connectivity index (χ4n) is 3.55. The number of halogens is 1. The predicted octanol–water partition coefficient (Wildman–Crippen LogP) is 4.44. The Labute approximate surface area is 203 Å². The summed E-state index contributed by atoms with van der Waals surface area (Å²) < 4.78 is 7.20. The smallest absolute Gasteiger partial charge is 0.253 e. The molecule has 4 aromatic rings. The lowest BCUT2D eigenvalue weighted by molar-refractivity contribution is 0.0786. The van der Waals surface area contributed by atoms with Crippen molar-refractivity contribution in [3.63, 3.8) is 0 Å². The molecular formula is C25H27ClN6O2. The monoisotopic (exact) mass is 478 g/mol. The van der Waals surface area contributed by atoms with Crippen LogP contribution in [0.5, 0.6) is 5.75 Å². The van der Waals surface area contributed by atoms with Crippen molar-refractivity contribution >= 4 is 34.7 Å². The van der Waals surface area contributed by atoms with Gasteiger partial charge in [-0.1, -0.05) is 11.6 Å². The van der Waals surface area contributed by atoms with E-state index in [4.69, 9.17) is 16.3 Å². The number of anilines is 2. The van der Waals surface area contributed by atoms with Gasteiger partial charge in [-0.2, -0.15) is 0 Å². The first kappa shape index (κ1) is 23.5. The van der Waals surface area contributed by atoms with Crippen LogP contribution in [0.15, 0.2) is 61.1 Å². The molecule has 0 aliphatic carbocycles. The van der Waals surface area contributed by atoms with Crippen LogP contribution in [0.2, 0.25) is 5.02 Å². The number of nitrogens with zero attached hydrogens (tertiary/aromatic N) is 5. The number of imidazole rings is 1. The van der Waals surface area contributed by atoms with Crippen LogP contribution in [0.4, 0.5) is 11.5 Å². The third-order valence-corrected chi connectivity index (χ3v) is 5.79. The summed E-state index contributed by atoms with van der Waals surface area (Å²) in [6.45, 7) is 1.48. The molecular weight excluding hydrogens is 452 g/mol. The maximum absolute atomic E-state index is 12.6. The van der Waals surface area contributed by atoms with Crippen molar-refractivity contribution in [1.29, 1.82) is 0 Å². The zero-order chi connectivity index (χ0) is 24.2. The molecule has 1 amide bonds. The number of carbonyl (C=O) groups excluding carboxylic acids is 1. The summed E-state index contributed by atoms with van der Waals surface area (Å²) in [6, 6.07) is 13.0. The van der Waals surface area contributed by atoms with E-state index in [1.165, 1.54) is 0 Å². The van der Waals surface area contributed by atoms with E-state index in [2.05, 4.69) is 20.2 Å². The number of likely N-dealkylation sites (N-methyl/N-ethyl adjacent to an activating group) is 2. The van der Waals surface area contributed by atoms with Crippen LogP contribution in [-0.4, -0.2) is 71.4 Å².